The summed E-state index contributed by atoms with van der Waals surface area (Å²) in [6, 6.07) is 5.00. The number of nitrogens with one attached hydrogen (secondary N) is 1. The third kappa shape index (κ3) is 4.86. The molecule has 0 heterocycles. The second kappa shape index (κ2) is 5.63. The number of rotatable bonds is 5. The molecule has 0 amide bonds. The number of nitrogens with two attached hydrogens (primary N) is 2. The maximum absolute atomic E-state index is 10.7. The van der Waals surface area contributed by atoms with Gasteiger partial charge in [-0.05, 0) is 18.2 Å². The highest BCUT2D eigenvalue weighted by molar-refractivity contribution is 7.89. The van der Waals surface area contributed by atoms with Gasteiger partial charge in [0.25, 0.3) is 0 Å². The lowest BCUT2D eigenvalue weighted by Gasteiger charge is -2.08. The summed E-state index contributed by atoms with van der Waals surface area (Å²) in [5.41, 5.74) is 6.71. The fraction of sp³-hybridized carbons (Fsp3) is 0.222. The molecule has 8 heteroatoms. The van der Waals surface area contributed by atoms with E-state index in [1.54, 1.807) is 18.2 Å². The van der Waals surface area contributed by atoms with Crippen LogP contribution in [-0.2, 0) is 10.0 Å². The fourth-order valence-corrected chi connectivity index (χ4v) is 1.90. The van der Waals surface area contributed by atoms with Gasteiger partial charge in [0.2, 0.25) is 10.0 Å². The number of thiocarbonyl (C=S) groups is 1. The molecule has 0 aliphatic carbocycles. The number of halogens is 1. The largest absolute Gasteiger partial charge is 0.389 e. The molecule has 0 spiro atoms. The van der Waals surface area contributed by atoms with Gasteiger partial charge in [0.1, 0.15) is 4.99 Å². The minimum Gasteiger partial charge on any atom is -0.389 e. The van der Waals surface area contributed by atoms with Crippen molar-refractivity contribution in [3.8, 4) is 0 Å². The molecule has 0 fully saturated rings. The van der Waals surface area contributed by atoms with Crippen LogP contribution in [0, 0.1) is 0 Å². The van der Waals surface area contributed by atoms with Gasteiger partial charge in [0.15, 0.2) is 0 Å². The number of benzene rings is 1. The molecule has 0 unspecified atom stereocenters. The summed E-state index contributed by atoms with van der Waals surface area (Å²) >= 11 is 10.8. The Morgan fingerprint density at radius 2 is 2.12 bits per heavy atom. The number of primary sulfonamides is 1. The molecule has 94 valence electrons. The molecule has 0 aliphatic rings. The van der Waals surface area contributed by atoms with E-state index in [4.69, 9.17) is 34.7 Å². The van der Waals surface area contributed by atoms with Crippen LogP contribution in [0.4, 0.5) is 5.69 Å². The average molecular weight is 294 g/mol. The Morgan fingerprint density at radius 1 is 1.47 bits per heavy atom. The molecular weight excluding hydrogens is 282 g/mol. The van der Waals surface area contributed by atoms with Crippen LogP contribution < -0.4 is 16.2 Å². The van der Waals surface area contributed by atoms with Crippen molar-refractivity contribution in [1.82, 2.24) is 0 Å². The van der Waals surface area contributed by atoms with Crippen molar-refractivity contribution in [1.29, 1.82) is 0 Å². The Hall–Kier alpha value is -0.890. The molecule has 0 atom stereocenters. The molecule has 0 bridgehead atoms. The van der Waals surface area contributed by atoms with Crippen molar-refractivity contribution in [2.24, 2.45) is 10.9 Å². The Labute approximate surface area is 110 Å². The first kappa shape index (κ1) is 14.2. The van der Waals surface area contributed by atoms with Gasteiger partial charge in [-0.15, -0.1) is 0 Å². The normalized spacial score (nSPS) is 11.2. The molecule has 0 aromatic heterocycles. The van der Waals surface area contributed by atoms with Crippen LogP contribution in [0.1, 0.15) is 5.56 Å². The van der Waals surface area contributed by atoms with Gasteiger partial charge in [-0.2, -0.15) is 0 Å². The topological polar surface area (TPSA) is 98.2 Å². The van der Waals surface area contributed by atoms with Crippen LogP contribution in [0.5, 0.6) is 0 Å². The molecule has 1 rings (SSSR count). The lowest BCUT2D eigenvalue weighted by atomic mass is 10.2. The van der Waals surface area contributed by atoms with Crippen LogP contribution in [-0.4, -0.2) is 25.7 Å². The summed E-state index contributed by atoms with van der Waals surface area (Å²) in [5.74, 6) is -0.166. The summed E-state index contributed by atoms with van der Waals surface area (Å²) < 4.78 is 21.4. The van der Waals surface area contributed by atoms with Crippen LogP contribution in [0.3, 0.4) is 0 Å². The molecule has 5 N–H and O–H groups in total. The number of hydrogen-bond acceptors (Lipinski definition) is 4. The van der Waals surface area contributed by atoms with Gasteiger partial charge in [-0.3, -0.25) is 0 Å². The van der Waals surface area contributed by atoms with E-state index in [0.717, 1.165) is 0 Å². The maximum Gasteiger partial charge on any atom is 0.210 e. The SMILES string of the molecule is NC(=S)c1ccc(NCCS(N)(=O)=O)c(Cl)c1. The summed E-state index contributed by atoms with van der Waals surface area (Å²) in [4.78, 5) is 0.253. The molecule has 1 aromatic carbocycles. The smallest absolute Gasteiger partial charge is 0.210 e. The highest BCUT2D eigenvalue weighted by Gasteiger charge is 2.05. The second-order valence-electron chi connectivity index (χ2n) is 3.35. The van der Waals surface area contributed by atoms with E-state index in [1.165, 1.54) is 0 Å². The second-order valence-corrected chi connectivity index (χ2v) is 5.93. The zero-order valence-corrected chi connectivity index (χ0v) is 11.2. The zero-order chi connectivity index (χ0) is 13.1. The average Bonchev–Trinajstić information content (AvgIpc) is 2.18. The minimum absolute atomic E-state index is 0.166. The molecule has 1 aromatic rings. The van der Waals surface area contributed by atoms with E-state index in [1.807, 2.05) is 0 Å². The predicted octanol–water partition coefficient (Wildman–Crippen LogP) is 0.675. The van der Waals surface area contributed by atoms with Crippen LogP contribution in [0.15, 0.2) is 18.2 Å². The lowest BCUT2D eigenvalue weighted by molar-refractivity contribution is 0.598. The van der Waals surface area contributed by atoms with Gasteiger partial charge in [-0.1, -0.05) is 23.8 Å². The van der Waals surface area contributed by atoms with Crippen molar-refractivity contribution in [2.75, 3.05) is 17.6 Å². The molecule has 17 heavy (non-hydrogen) atoms. The van der Waals surface area contributed by atoms with E-state index in [2.05, 4.69) is 5.32 Å². The summed E-state index contributed by atoms with van der Waals surface area (Å²) in [5, 5.41) is 8.15. The lowest BCUT2D eigenvalue weighted by Crippen LogP contribution is -2.22. The summed E-state index contributed by atoms with van der Waals surface area (Å²) in [7, 11) is -3.48. The van der Waals surface area contributed by atoms with Gasteiger partial charge in [-0.25, -0.2) is 13.6 Å². The first-order chi connectivity index (χ1) is 7.79. The molecule has 0 aliphatic heterocycles. The molecular formula is C9H12ClN3O2S2. The summed E-state index contributed by atoms with van der Waals surface area (Å²) in [6.07, 6.45) is 0. The van der Waals surface area contributed by atoms with E-state index < -0.39 is 10.0 Å². The molecule has 0 radical (unpaired) electrons. The highest BCUT2D eigenvalue weighted by Crippen LogP contribution is 2.22. The first-order valence-electron chi connectivity index (χ1n) is 4.63. The maximum atomic E-state index is 10.7. The van der Waals surface area contributed by atoms with Gasteiger partial charge in [0, 0.05) is 12.1 Å². The zero-order valence-electron chi connectivity index (χ0n) is 8.81. The van der Waals surface area contributed by atoms with Crippen molar-refractivity contribution in [3.63, 3.8) is 0 Å². The van der Waals surface area contributed by atoms with Crippen molar-refractivity contribution >= 4 is 44.5 Å². The van der Waals surface area contributed by atoms with Crippen molar-refractivity contribution in [2.45, 2.75) is 0 Å². The van der Waals surface area contributed by atoms with Crippen molar-refractivity contribution in [3.05, 3.63) is 28.8 Å². The predicted molar refractivity (Wildman–Crippen MR) is 73.8 cm³/mol. The van der Waals surface area contributed by atoms with Crippen LogP contribution in [0.2, 0.25) is 5.02 Å². The highest BCUT2D eigenvalue weighted by atomic mass is 35.5. The minimum atomic E-state index is -3.48. The number of hydrogen-bond donors (Lipinski definition) is 3. The Balaban J connectivity index is 2.70. The molecule has 0 saturated carbocycles. The molecule has 5 nitrogen and oxygen atoms in total. The third-order valence-corrected chi connectivity index (χ3v) is 3.28. The third-order valence-electron chi connectivity index (χ3n) is 1.96. The fourth-order valence-electron chi connectivity index (χ4n) is 1.14. The van der Waals surface area contributed by atoms with Gasteiger partial charge < -0.3 is 11.1 Å². The number of sulfonamides is 1. The molecule has 0 saturated heterocycles. The Kier molecular flexibility index (Phi) is 4.70. The van der Waals surface area contributed by atoms with E-state index >= 15 is 0 Å². The Morgan fingerprint density at radius 3 is 2.59 bits per heavy atom. The van der Waals surface area contributed by atoms with E-state index in [0.29, 0.717) is 16.3 Å². The number of anilines is 1. The quantitative estimate of drug-likeness (QED) is 0.693. The first-order valence-corrected chi connectivity index (χ1v) is 7.13. The standard InChI is InChI=1S/C9H12ClN3O2S2/c10-7-5-6(9(11)16)1-2-8(7)13-3-4-17(12,14)15/h1-2,5,13H,3-4H2,(H2,11,16)(H2,12,14,15). The van der Waals surface area contributed by atoms with Gasteiger partial charge >= 0.3 is 0 Å². The Bertz CT molecular complexity index is 531. The van der Waals surface area contributed by atoms with Crippen molar-refractivity contribution < 1.29 is 8.42 Å². The van der Waals surface area contributed by atoms with Crippen LogP contribution in [0.25, 0.3) is 0 Å². The summed E-state index contributed by atoms with van der Waals surface area (Å²) in [6.45, 7) is 0.185. The van der Waals surface area contributed by atoms with E-state index in [-0.39, 0.29) is 17.3 Å². The monoisotopic (exact) mass is 293 g/mol. The van der Waals surface area contributed by atoms with E-state index in [9.17, 15) is 8.42 Å². The van der Waals surface area contributed by atoms with Gasteiger partial charge in [0.05, 0.1) is 16.5 Å². The van der Waals surface area contributed by atoms with Crippen LogP contribution >= 0.6 is 23.8 Å².